The Labute approximate surface area is 208 Å². The predicted molar refractivity (Wildman–Crippen MR) is 131 cm³/mol. The lowest BCUT2D eigenvalue weighted by atomic mass is 9.63. The van der Waals surface area contributed by atoms with Crippen LogP contribution in [0.3, 0.4) is 0 Å². The zero-order valence-electron chi connectivity index (χ0n) is 19.9. The Kier molecular flexibility index (Phi) is 4.56. The fraction of sp³-hybridized carbons (Fsp3) is 0.379. The number of ether oxygens (including phenoxy) is 1. The van der Waals surface area contributed by atoms with Crippen LogP contribution in [0.25, 0.3) is 0 Å². The van der Waals surface area contributed by atoms with Crippen molar-refractivity contribution in [2.75, 3.05) is 16.3 Å². The first kappa shape index (κ1) is 21.5. The Bertz CT molecular complexity index is 1330. The fourth-order valence-corrected chi connectivity index (χ4v) is 7.01. The van der Waals surface area contributed by atoms with Gasteiger partial charge in [0.05, 0.1) is 23.4 Å². The van der Waals surface area contributed by atoms with Crippen LogP contribution in [0.1, 0.15) is 18.4 Å². The van der Waals surface area contributed by atoms with Gasteiger partial charge in [0.2, 0.25) is 17.7 Å². The highest BCUT2D eigenvalue weighted by molar-refractivity contribution is 6.22. The number of hydrogen-bond acceptors (Lipinski definition) is 5. The summed E-state index contributed by atoms with van der Waals surface area (Å²) < 4.78 is 5.64. The summed E-state index contributed by atoms with van der Waals surface area (Å²) in [5.74, 6) is -0.392. The van der Waals surface area contributed by atoms with Crippen LogP contribution in [-0.4, -0.2) is 30.2 Å². The SMILES string of the molecule is Cc1cccc(N2C[C@@H](C(=O)Oc3cccc(N4C(=O)[C@H]5[C@@H]6C=C[C@H]([C@@H]7C[C@H]67)[C@@H]5C4=O)c3)CC2=O)c1. The molecule has 4 fully saturated rings. The maximum Gasteiger partial charge on any atom is 0.316 e. The fourth-order valence-electron chi connectivity index (χ4n) is 7.01. The van der Waals surface area contributed by atoms with Gasteiger partial charge in [0.15, 0.2) is 0 Å². The lowest BCUT2D eigenvalue weighted by Gasteiger charge is -2.37. The van der Waals surface area contributed by atoms with E-state index < -0.39 is 11.9 Å². The van der Waals surface area contributed by atoms with Crippen LogP contribution in [0.2, 0.25) is 0 Å². The first-order chi connectivity index (χ1) is 17.4. The van der Waals surface area contributed by atoms with Crippen molar-refractivity contribution >= 4 is 35.1 Å². The summed E-state index contributed by atoms with van der Waals surface area (Å²) in [5.41, 5.74) is 2.24. The molecule has 0 spiro atoms. The lowest BCUT2D eigenvalue weighted by Crippen LogP contribution is -2.40. The molecule has 36 heavy (non-hydrogen) atoms. The molecule has 7 atom stereocenters. The van der Waals surface area contributed by atoms with E-state index in [4.69, 9.17) is 4.74 Å². The third-order valence-corrected chi connectivity index (χ3v) is 8.73. The van der Waals surface area contributed by atoms with E-state index in [1.807, 2.05) is 31.2 Å². The topological polar surface area (TPSA) is 84.0 Å². The molecular weight excluding hydrogens is 456 g/mol. The molecule has 2 saturated heterocycles. The van der Waals surface area contributed by atoms with E-state index in [0.29, 0.717) is 17.5 Å². The molecule has 7 nitrogen and oxygen atoms in total. The second-order valence-corrected chi connectivity index (χ2v) is 10.8. The molecule has 2 saturated carbocycles. The number of hydrogen-bond donors (Lipinski definition) is 0. The molecule has 0 N–H and O–H groups in total. The van der Waals surface area contributed by atoms with Crippen LogP contribution in [-0.2, 0) is 19.2 Å². The van der Waals surface area contributed by atoms with E-state index in [1.54, 1.807) is 29.2 Å². The Morgan fingerprint density at radius 1 is 0.889 bits per heavy atom. The summed E-state index contributed by atoms with van der Waals surface area (Å²) in [7, 11) is 0. The van der Waals surface area contributed by atoms with Gasteiger partial charge in [-0.2, -0.15) is 0 Å². The maximum absolute atomic E-state index is 13.4. The zero-order chi connectivity index (χ0) is 24.7. The number of anilines is 2. The molecule has 8 rings (SSSR count). The van der Waals surface area contributed by atoms with E-state index in [9.17, 15) is 19.2 Å². The van der Waals surface area contributed by atoms with Crippen molar-refractivity contribution in [2.24, 2.45) is 41.4 Å². The smallest absolute Gasteiger partial charge is 0.316 e. The van der Waals surface area contributed by atoms with Crippen molar-refractivity contribution in [3.63, 3.8) is 0 Å². The van der Waals surface area contributed by atoms with Crippen molar-refractivity contribution in [1.29, 1.82) is 0 Å². The van der Waals surface area contributed by atoms with Gasteiger partial charge >= 0.3 is 5.97 Å². The lowest BCUT2D eigenvalue weighted by molar-refractivity contribution is -0.139. The summed E-state index contributed by atoms with van der Waals surface area (Å²) in [5, 5.41) is 0. The number of carbonyl (C=O) groups is 4. The molecule has 7 heteroatoms. The Morgan fingerprint density at radius 3 is 2.25 bits per heavy atom. The molecule has 0 radical (unpaired) electrons. The molecule has 182 valence electrons. The van der Waals surface area contributed by atoms with Crippen LogP contribution >= 0.6 is 0 Å². The number of esters is 1. The number of carbonyl (C=O) groups excluding carboxylic acids is 4. The Hall–Kier alpha value is -3.74. The van der Waals surface area contributed by atoms with Crippen LogP contribution in [0.5, 0.6) is 5.75 Å². The van der Waals surface area contributed by atoms with Crippen molar-refractivity contribution in [3.8, 4) is 5.75 Å². The normalized spacial score (nSPS) is 33.7. The number of nitrogens with zero attached hydrogens (tertiary/aromatic N) is 2. The second-order valence-electron chi connectivity index (χ2n) is 10.8. The Morgan fingerprint density at radius 2 is 1.56 bits per heavy atom. The molecular formula is C29H26N2O5. The highest BCUT2D eigenvalue weighted by Crippen LogP contribution is 2.65. The Balaban J connectivity index is 1.08. The van der Waals surface area contributed by atoms with Gasteiger partial charge in [-0.25, -0.2) is 4.90 Å². The standard InChI is InChI=1S/C29H26N2O5/c1-15-4-2-5-17(10-15)30-14-16(11-24(30)32)29(35)36-19-7-3-6-18(12-19)31-27(33)25-20-8-9-21(23-13-22(20)23)26(25)28(31)34/h2-10,12,16,20-23,25-26H,11,13-14H2,1H3/t16-,20+,21+,22-,23+,25-,26-/m0/s1. The minimum absolute atomic E-state index is 0.0804. The van der Waals surface area contributed by atoms with E-state index >= 15 is 0 Å². The van der Waals surface area contributed by atoms with Gasteiger partial charge in [-0.1, -0.05) is 30.4 Å². The van der Waals surface area contributed by atoms with Crippen LogP contribution < -0.4 is 14.5 Å². The molecule has 0 unspecified atom stereocenters. The second kappa shape index (κ2) is 7.63. The minimum Gasteiger partial charge on any atom is -0.426 e. The molecule has 4 aliphatic carbocycles. The number of imide groups is 1. The van der Waals surface area contributed by atoms with Gasteiger partial charge < -0.3 is 9.64 Å². The quantitative estimate of drug-likeness (QED) is 0.288. The average Bonchev–Trinajstić information content (AvgIpc) is 3.54. The van der Waals surface area contributed by atoms with Crippen molar-refractivity contribution in [2.45, 2.75) is 19.8 Å². The van der Waals surface area contributed by atoms with E-state index in [2.05, 4.69) is 12.2 Å². The predicted octanol–water partition coefficient (Wildman–Crippen LogP) is 3.51. The molecule has 3 amide bonds. The van der Waals surface area contributed by atoms with Crippen molar-refractivity contribution in [1.82, 2.24) is 0 Å². The van der Waals surface area contributed by atoms with E-state index in [-0.39, 0.29) is 60.1 Å². The zero-order valence-corrected chi connectivity index (χ0v) is 19.9. The van der Waals surface area contributed by atoms with Gasteiger partial charge in [-0.05, 0) is 66.8 Å². The summed E-state index contributed by atoms with van der Waals surface area (Å²) in [6.07, 6.45) is 5.50. The molecule has 2 aromatic rings. The maximum atomic E-state index is 13.4. The average molecular weight is 483 g/mol. The van der Waals surface area contributed by atoms with Crippen molar-refractivity contribution in [3.05, 3.63) is 66.2 Å². The van der Waals surface area contributed by atoms with Gasteiger partial charge in [0, 0.05) is 24.7 Å². The van der Waals surface area contributed by atoms with Crippen LogP contribution in [0, 0.1) is 48.3 Å². The van der Waals surface area contributed by atoms with E-state index in [0.717, 1.165) is 17.7 Å². The number of benzene rings is 2. The number of amides is 3. The first-order valence-electron chi connectivity index (χ1n) is 12.7. The number of allylic oxidation sites excluding steroid dienone is 2. The monoisotopic (exact) mass is 482 g/mol. The number of aryl methyl sites for hydroxylation is 1. The third kappa shape index (κ3) is 3.11. The molecule has 2 bridgehead atoms. The number of rotatable bonds is 4. The minimum atomic E-state index is -0.590. The van der Waals surface area contributed by atoms with Gasteiger partial charge in [-0.15, -0.1) is 0 Å². The summed E-state index contributed by atoms with van der Waals surface area (Å²) >= 11 is 0. The van der Waals surface area contributed by atoms with Gasteiger partial charge in [0.1, 0.15) is 5.75 Å². The van der Waals surface area contributed by atoms with Gasteiger partial charge in [0.25, 0.3) is 0 Å². The highest BCUT2D eigenvalue weighted by atomic mass is 16.5. The molecule has 6 aliphatic rings. The van der Waals surface area contributed by atoms with E-state index in [1.165, 1.54) is 4.90 Å². The molecule has 2 heterocycles. The van der Waals surface area contributed by atoms with Gasteiger partial charge in [-0.3, -0.25) is 19.2 Å². The third-order valence-electron chi connectivity index (χ3n) is 8.73. The molecule has 0 aromatic heterocycles. The first-order valence-corrected chi connectivity index (χ1v) is 12.7. The van der Waals surface area contributed by atoms with Crippen molar-refractivity contribution < 1.29 is 23.9 Å². The molecule has 2 aliphatic heterocycles. The highest BCUT2D eigenvalue weighted by Gasteiger charge is 2.67. The summed E-state index contributed by atoms with van der Waals surface area (Å²) in [4.78, 5) is 55.2. The van der Waals surface area contributed by atoms with Crippen LogP contribution in [0.4, 0.5) is 11.4 Å². The summed E-state index contributed by atoms with van der Waals surface area (Å²) in [6, 6.07) is 14.2. The largest absolute Gasteiger partial charge is 0.426 e. The molecule has 2 aromatic carbocycles. The summed E-state index contributed by atoms with van der Waals surface area (Å²) in [6.45, 7) is 2.21. The van der Waals surface area contributed by atoms with Crippen LogP contribution in [0.15, 0.2) is 60.7 Å².